The Morgan fingerprint density at radius 2 is 1.41 bits per heavy atom. The summed E-state index contributed by atoms with van der Waals surface area (Å²) >= 11 is 0. The maximum Gasteiger partial charge on any atom is 0.243 e. The summed E-state index contributed by atoms with van der Waals surface area (Å²) in [6.45, 7) is 1.82. The van der Waals surface area contributed by atoms with Crippen LogP contribution in [0.2, 0.25) is 0 Å². The first-order valence-electron chi connectivity index (χ1n) is 17.7. The Bertz CT molecular complexity index is 1460. The molecule has 3 rings (SSSR count). The minimum atomic E-state index is -1.16. The van der Waals surface area contributed by atoms with Crippen molar-refractivity contribution in [1.29, 1.82) is 0 Å². The van der Waals surface area contributed by atoms with E-state index in [2.05, 4.69) is 47.9 Å². The van der Waals surface area contributed by atoms with E-state index in [0.29, 0.717) is 36.2 Å². The van der Waals surface area contributed by atoms with Gasteiger partial charge in [-0.2, -0.15) is 0 Å². The topological polar surface area (TPSA) is 217 Å². The number of benzene rings is 2. The van der Waals surface area contributed by atoms with Gasteiger partial charge in [0.15, 0.2) is 0 Å². The Balaban J connectivity index is 1.91. The van der Waals surface area contributed by atoms with Gasteiger partial charge in [0.05, 0.1) is 6.04 Å². The molecule has 0 spiro atoms. The van der Waals surface area contributed by atoms with Gasteiger partial charge in [-0.05, 0) is 121 Å². The SMILES string of the molecule is CNCCC[C@@H](CNC(=O)[C@H](CNC(=O)[C@@H]1Cc2cc(ccc2O)-c2ccc(O)c(c2)C[C@H](NC)C(=O)N[C@@H](CCCNC)C(=O)N1)NC)NC. The predicted molar refractivity (Wildman–Crippen MR) is 197 cm³/mol. The predicted octanol–water partition coefficient (Wildman–Crippen LogP) is -1.17. The Labute approximate surface area is 300 Å². The summed E-state index contributed by atoms with van der Waals surface area (Å²) in [7, 11) is 8.78. The van der Waals surface area contributed by atoms with Crippen molar-refractivity contribution in [2.24, 2.45) is 0 Å². The summed E-state index contributed by atoms with van der Waals surface area (Å²) in [6, 6.07) is 6.46. The van der Waals surface area contributed by atoms with E-state index in [1.807, 2.05) is 14.1 Å². The molecular formula is C36H57N9O6. The highest BCUT2D eigenvalue weighted by molar-refractivity contribution is 5.93. The zero-order valence-electron chi connectivity index (χ0n) is 30.4. The zero-order valence-corrected chi connectivity index (χ0v) is 30.4. The van der Waals surface area contributed by atoms with Crippen LogP contribution in [0.1, 0.15) is 36.8 Å². The Kier molecular flexibility index (Phi) is 17.1. The first-order valence-corrected chi connectivity index (χ1v) is 17.7. The van der Waals surface area contributed by atoms with Gasteiger partial charge in [0.2, 0.25) is 23.6 Å². The standard InChI is InChI=1S/C36H57N9O6/c1-37-14-6-8-26(39-3)20-42-34(49)30(41-5)21-43-33(48)29-19-25-17-23(11-13-32(25)47)22-10-12-31(46)24(16-22)18-28(40-4)36(51)44-27(35(50)45-29)9-7-15-38-2/h10-13,16-17,26-30,37-41,46-47H,6-9,14-15,18-21H2,1-5H3,(H,42,49)(H,43,48)(H,44,51)(H,45,50)/t26-,27-,28-,29-,30-/m0/s1. The molecule has 11 N–H and O–H groups in total. The first kappa shape index (κ1) is 41.1. The molecule has 0 aliphatic carbocycles. The maximum atomic E-state index is 13.9. The second kappa shape index (κ2) is 21.2. The number of phenols is 2. The van der Waals surface area contributed by atoms with Crippen molar-refractivity contribution in [3.8, 4) is 22.6 Å². The van der Waals surface area contributed by atoms with Crippen molar-refractivity contribution in [2.45, 2.75) is 68.7 Å². The fraction of sp³-hybridized carbons (Fsp3) is 0.556. The monoisotopic (exact) mass is 711 g/mol. The van der Waals surface area contributed by atoms with Gasteiger partial charge < -0.3 is 58.1 Å². The van der Waals surface area contributed by atoms with E-state index in [9.17, 15) is 29.4 Å². The van der Waals surface area contributed by atoms with Gasteiger partial charge in [0.25, 0.3) is 0 Å². The molecule has 2 aromatic rings. The van der Waals surface area contributed by atoms with E-state index < -0.39 is 41.9 Å². The Morgan fingerprint density at radius 3 is 2.00 bits per heavy atom. The third-order valence-corrected chi connectivity index (χ3v) is 9.25. The van der Waals surface area contributed by atoms with Crippen LogP contribution in [0.15, 0.2) is 36.4 Å². The Hall–Kier alpha value is -4.28. The van der Waals surface area contributed by atoms with Crippen molar-refractivity contribution in [3.63, 3.8) is 0 Å². The molecule has 51 heavy (non-hydrogen) atoms. The number of carbonyl (C=O) groups is 4. The van der Waals surface area contributed by atoms with E-state index in [1.165, 1.54) is 6.07 Å². The van der Waals surface area contributed by atoms with Crippen LogP contribution >= 0.6 is 0 Å². The average molecular weight is 712 g/mol. The highest BCUT2D eigenvalue weighted by atomic mass is 16.3. The van der Waals surface area contributed by atoms with Crippen LogP contribution in [-0.4, -0.2) is 125 Å². The van der Waals surface area contributed by atoms with Crippen molar-refractivity contribution in [2.75, 3.05) is 61.4 Å². The number of hydrogen-bond acceptors (Lipinski definition) is 11. The van der Waals surface area contributed by atoms with Gasteiger partial charge in [-0.15, -0.1) is 0 Å². The van der Waals surface area contributed by atoms with Crippen molar-refractivity contribution >= 4 is 23.6 Å². The van der Waals surface area contributed by atoms with Gasteiger partial charge in [0, 0.05) is 32.0 Å². The van der Waals surface area contributed by atoms with E-state index in [1.54, 1.807) is 51.5 Å². The van der Waals surface area contributed by atoms with Crippen LogP contribution in [0.25, 0.3) is 11.1 Å². The molecule has 1 heterocycles. The average Bonchev–Trinajstić information content (AvgIpc) is 3.12. The van der Waals surface area contributed by atoms with Crippen molar-refractivity contribution < 1.29 is 29.4 Å². The number of carbonyl (C=O) groups excluding carboxylic acids is 4. The van der Waals surface area contributed by atoms with Crippen LogP contribution in [0.3, 0.4) is 0 Å². The van der Waals surface area contributed by atoms with E-state index in [4.69, 9.17) is 0 Å². The first-order chi connectivity index (χ1) is 24.5. The molecular weight excluding hydrogens is 654 g/mol. The fourth-order valence-electron chi connectivity index (χ4n) is 6.00. The quantitative estimate of drug-likeness (QED) is 0.0879. The summed E-state index contributed by atoms with van der Waals surface area (Å²) < 4.78 is 0. The third kappa shape index (κ3) is 12.5. The van der Waals surface area contributed by atoms with Crippen LogP contribution in [0, 0.1) is 0 Å². The number of phenolic OH excluding ortho intramolecular Hbond substituents is 2. The van der Waals surface area contributed by atoms with Gasteiger partial charge in [-0.3, -0.25) is 19.2 Å². The van der Waals surface area contributed by atoms with Crippen LogP contribution < -0.4 is 47.9 Å². The summed E-state index contributed by atoms with van der Waals surface area (Å²) in [6.07, 6.45) is 2.73. The highest BCUT2D eigenvalue weighted by Crippen LogP contribution is 2.31. The molecule has 5 atom stereocenters. The molecule has 0 unspecified atom stereocenters. The molecule has 1 aliphatic rings. The van der Waals surface area contributed by atoms with Crippen LogP contribution in [0.5, 0.6) is 11.5 Å². The lowest BCUT2D eigenvalue weighted by Gasteiger charge is -2.26. The van der Waals surface area contributed by atoms with Gasteiger partial charge >= 0.3 is 0 Å². The number of hydrogen-bond donors (Lipinski definition) is 11. The van der Waals surface area contributed by atoms with E-state index in [-0.39, 0.29) is 49.3 Å². The molecule has 4 amide bonds. The molecule has 15 heteroatoms. The number of rotatable bonds is 17. The van der Waals surface area contributed by atoms with Gasteiger partial charge in [-0.1, -0.05) is 12.1 Å². The molecule has 1 aliphatic heterocycles. The molecule has 0 radical (unpaired) electrons. The maximum absolute atomic E-state index is 13.9. The van der Waals surface area contributed by atoms with Crippen LogP contribution in [0.4, 0.5) is 0 Å². The fourth-order valence-corrected chi connectivity index (χ4v) is 6.00. The summed E-state index contributed by atoms with van der Waals surface area (Å²) in [4.78, 5) is 54.3. The second-order valence-electron chi connectivity index (χ2n) is 12.9. The normalized spacial score (nSPS) is 19.1. The smallest absolute Gasteiger partial charge is 0.243 e. The number of aromatic hydroxyl groups is 2. The zero-order chi connectivity index (χ0) is 37.3. The lowest BCUT2D eigenvalue weighted by molar-refractivity contribution is -0.132. The van der Waals surface area contributed by atoms with Crippen LogP contribution in [-0.2, 0) is 32.0 Å². The number of likely N-dealkylation sites (N-methyl/N-ethyl adjacent to an activating group) is 3. The van der Waals surface area contributed by atoms with Crippen molar-refractivity contribution in [1.82, 2.24) is 47.9 Å². The summed E-state index contributed by atoms with van der Waals surface area (Å²) in [5, 5.41) is 48.3. The van der Waals surface area contributed by atoms with Gasteiger partial charge in [0.1, 0.15) is 29.6 Å². The van der Waals surface area contributed by atoms with E-state index in [0.717, 1.165) is 24.9 Å². The highest BCUT2D eigenvalue weighted by Gasteiger charge is 2.31. The number of nitrogens with one attached hydrogen (secondary N) is 9. The van der Waals surface area contributed by atoms with Crippen molar-refractivity contribution in [3.05, 3.63) is 47.5 Å². The number of fused-ring (bicyclic) bond motifs is 5. The minimum absolute atomic E-state index is 0.0232. The summed E-state index contributed by atoms with van der Waals surface area (Å²) in [5.74, 6) is -1.90. The molecule has 2 aromatic carbocycles. The molecule has 15 nitrogen and oxygen atoms in total. The molecule has 282 valence electrons. The molecule has 0 saturated heterocycles. The molecule has 4 bridgehead atoms. The Morgan fingerprint density at radius 1 is 0.784 bits per heavy atom. The molecule has 0 aromatic heterocycles. The number of amides is 4. The largest absolute Gasteiger partial charge is 0.508 e. The minimum Gasteiger partial charge on any atom is -0.508 e. The molecule has 0 fully saturated rings. The lowest BCUT2D eigenvalue weighted by Crippen LogP contribution is -2.58. The summed E-state index contributed by atoms with van der Waals surface area (Å²) in [5.41, 5.74) is 2.37. The van der Waals surface area contributed by atoms with Gasteiger partial charge in [-0.25, -0.2) is 0 Å². The molecule has 0 saturated carbocycles. The third-order valence-electron chi connectivity index (χ3n) is 9.25. The second-order valence-corrected chi connectivity index (χ2v) is 12.9. The van der Waals surface area contributed by atoms with E-state index >= 15 is 0 Å². The lowest BCUT2D eigenvalue weighted by atomic mass is 9.95.